The molecule has 0 amide bonds. The summed E-state index contributed by atoms with van der Waals surface area (Å²) in [5.74, 6) is -21.3. The van der Waals surface area contributed by atoms with E-state index in [9.17, 15) is 47.9 Å². The summed E-state index contributed by atoms with van der Waals surface area (Å²) in [6.07, 6.45) is -4.35. The molecule has 3 heterocycles. The third kappa shape index (κ3) is 4.53. The highest BCUT2D eigenvalue weighted by atomic mass is 35.5. The number of pyridine rings is 1. The molecule has 1 atom stereocenters. The second-order valence-corrected chi connectivity index (χ2v) is 10.1. The smallest absolute Gasteiger partial charge is 0.328 e. The van der Waals surface area contributed by atoms with Gasteiger partial charge in [-0.15, -0.1) is 11.6 Å². The Morgan fingerprint density at radius 3 is 2.16 bits per heavy atom. The Balaban J connectivity index is 2.17. The molecule has 204 valence electrons. The molecule has 3 aromatic heterocycles. The Bertz CT molecular complexity index is 1390. The van der Waals surface area contributed by atoms with E-state index in [4.69, 9.17) is 11.6 Å². The van der Waals surface area contributed by atoms with Crippen LogP contribution in [0.1, 0.15) is 18.0 Å². The van der Waals surface area contributed by atoms with E-state index in [2.05, 4.69) is 20.1 Å². The zero-order valence-corrected chi connectivity index (χ0v) is 19.9. The van der Waals surface area contributed by atoms with Crippen molar-refractivity contribution in [3.8, 4) is 17.3 Å². The Labute approximate surface area is 207 Å². The second kappa shape index (κ2) is 9.14. The molecular formula is C18H14ClF9N6O2S. The maximum atomic E-state index is 14.4. The monoisotopic (exact) mass is 584 g/mol. The molecule has 0 aliphatic carbocycles. The normalized spacial score (nSPS) is 14.7. The van der Waals surface area contributed by atoms with Crippen LogP contribution >= 0.6 is 11.6 Å². The lowest BCUT2D eigenvalue weighted by molar-refractivity contribution is -0.396. The minimum Gasteiger partial charge on any atom is -0.328 e. The van der Waals surface area contributed by atoms with E-state index in [1.54, 1.807) is 0 Å². The molecule has 0 aliphatic rings. The van der Waals surface area contributed by atoms with Gasteiger partial charge in [-0.05, 0) is 12.1 Å². The molecule has 8 nitrogen and oxygen atoms in total. The van der Waals surface area contributed by atoms with E-state index in [-0.39, 0.29) is 5.82 Å². The van der Waals surface area contributed by atoms with Gasteiger partial charge in [0.05, 0.1) is 22.5 Å². The van der Waals surface area contributed by atoms with Crippen molar-refractivity contribution in [2.24, 2.45) is 7.05 Å². The van der Waals surface area contributed by atoms with E-state index < -0.39 is 67.0 Å². The Hall–Kier alpha value is -2.89. The maximum absolute atomic E-state index is 14.4. The van der Waals surface area contributed by atoms with E-state index >= 15 is 0 Å². The molecule has 0 spiro atoms. The van der Waals surface area contributed by atoms with Crippen LogP contribution in [0.2, 0.25) is 0 Å². The summed E-state index contributed by atoms with van der Waals surface area (Å²) in [6.45, 7) is 1.27. The molecule has 0 unspecified atom stereocenters. The van der Waals surface area contributed by atoms with Crippen molar-refractivity contribution in [1.82, 2.24) is 29.3 Å². The minimum atomic E-state index is -7.14. The number of aromatic nitrogens is 6. The number of alkyl halides is 10. The molecule has 19 heteroatoms. The summed E-state index contributed by atoms with van der Waals surface area (Å²) >= 11 is 5.36. The zero-order valence-electron chi connectivity index (χ0n) is 18.4. The average molecular weight is 585 g/mol. The molecule has 0 radical (unpaired) electrons. The van der Waals surface area contributed by atoms with Crippen LogP contribution in [0.5, 0.6) is 0 Å². The average Bonchev–Trinajstić information content (AvgIpc) is 3.47. The zero-order chi connectivity index (χ0) is 28.2. The van der Waals surface area contributed by atoms with Crippen molar-refractivity contribution in [3.63, 3.8) is 0 Å². The quantitative estimate of drug-likeness (QED) is 0.284. The standard InChI is InChI=1S/C18H14ClF9N6O2S/c1-3-37(35,36)10-4-5-11(34-8-29-7-31-34)32-12(10)14-30-6-9(33(14)2)13(19)15(20,21)16(22,23)17(24,25)18(26,27)28/h4-8,13H,3H2,1-2H3/t13-/m0/s1. The Morgan fingerprint density at radius 1 is 1.03 bits per heavy atom. The third-order valence-corrected chi connectivity index (χ3v) is 7.45. The summed E-state index contributed by atoms with van der Waals surface area (Å²) in [7, 11) is -3.19. The topological polar surface area (TPSA) is 95.6 Å². The van der Waals surface area contributed by atoms with Gasteiger partial charge in [-0.25, -0.2) is 28.1 Å². The number of halogens is 10. The van der Waals surface area contributed by atoms with Crippen LogP contribution in [0, 0.1) is 0 Å². The SMILES string of the molecule is CCS(=O)(=O)c1ccc(-n2cncn2)nc1-c1ncc([C@H](Cl)C(F)(F)C(F)(F)C(F)(F)C(F)(F)F)n1C. The highest BCUT2D eigenvalue weighted by Crippen LogP contribution is 2.57. The van der Waals surface area contributed by atoms with E-state index in [1.165, 1.54) is 19.3 Å². The predicted molar refractivity (Wildman–Crippen MR) is 109 cm³/mol. The van der Waals surface area contributed by atoms with Gasteiger partial charge in [0.2, 0.25) is 0 Å². The van der Waals surface area contributed by atoms with Gasteiger partial charge in [0.15, 0.2) is 21.5 Å². The predicted octanol–water partition coefficient (Wildman–Crippen LogP) is 4.60. The lowest BCUT2D eigenvalue weighted by Crippen LogP contribution is -2.62. The first kappa shape index (κ1) is 28.7. The second-order valence-electron chi connectivity index (χ2n) is 7.46. The van der Waals surface area contributed by atoms with Crippen LogP contribution in [0.25, 0.3) is 17.3 Å². The van der Waals surface area contributed by atoms with Gasteiger partial charge in [-0.1, -0.05) is 6.92 Å². The Morgan fingerprint density at radius 2 is 1.65 bits per heavy atom. The fourth-order valence-corrected chi connectivity index (χ4v) is 4.42. The molecule has 0 N–H and O–H groups in total. The number of nitrogens with zero attached hydrogens (tertiary/aromatic N) is 6. The minimum absolute atomic E-state index is 0.0452. The molecule has 0 saturated heterocycles. The molecule has 0 aromatic carbocycles. The van der Waals surface area contributed by atoms with Gasteiger partial charge in [-0.3, -0.25) is 0 Å². The molecule has 0 bridgehead atoms. The summed E-state index contributed by atoms with van der Waals surface area (Å²) in [5.41, 5.74) is -1.63. The Kier molecular flexibility index (Phi) is 7.09. The van der Waals surface area contributed by atoms with Gasteiger partial charge in [0, 0.05) is 7.05 Å². The van der Waals surface area contributed by atoms with Crippen LogP contribution in [0.15, 0.2) is 35.9 Å². The molecule has 3 aromatic rings. The lowest BCUT2D eigenvalue weighted by atomic mass is 9.99. The van der Waals surface area contributed by atoms with E-state index in [0.29, 0.717) is 10.8 Å². The highest BCUT2D eigenvalue weighted by molar-refractivity contribution is 7.91. The first-order chi connectivity index (χ1) is 16.8. The molecule has 0 saturated carbocycles. The van der Waals surface area contributed by atoms with Gasteiger partial charge < -0.3 is 4.57 Å². The molecule has 0 aliphatic heterocycles. The molecule has 3 rings (SSSR count). The van der Waals surface area contributed by atoms with Crippen molar-refractivity contribution in [2.75, 3.05) is 5.75 Å². The summed E-state index contributed by atoms with van der Waals surface area (Å²) in [4.78, 5) is 10.9. The van der Waals surface area contributed by atoms with Crippen molar-refractivity contribution >= 4 is 21.4 Å². The van der Waals surface area contributed by atoms with Gasteiger partial charge >= 0.3 is 23.9 Å². The number of imidazole rings is 1. The van der Waals surface area contributed by atoms with Crippen LogP contribution in [-0.4, -0.2) is 67.4 Å². The van der Waals surface area contributed by atoms with Gasteiger partial charge in [0.1, 0.15) is 23.7 Å². The maximum Gasteiger partial charge on any atom is 0.460 e. The largest absolute Gasteiger partial charge is 0.460 e. The summed E-state index contributed by atoms with van der Waals surface area (Å²) in [6, 6.07) is 2.28. The third-order valence-electron chi connectivity index (χ3n) is 5.19. The van der Waals surface area contributed by atoms with Crippen LogP contribution in [-0.2, 0) is 16.9 Å². The van der Waals surface area contributed by atoms with Crippen molar-refractivity contribution in [1.29, 1.82) is 0 Å². The number of hydrogen-bond acceptors (Lipinski definition) is 6. The van der Waals surface area contributed by atoms with E-state index in [0.717, 1.165) is 24.1 Å². The molecule has 0 fully saturated rings. The van der Waals surface area contributed by atoms with Crippen molar-refractivity contribution in [2.45, 2.75) is 41.1 Å². The number of rotatable bonds is 8. The van der Waals surface area contributed by atoms with Gasteiger partial charge in [0.25, 0.3) is 0 Å². The van der Waals surface area contributed by atoms with Crippen LogP contribution in [0.4, 0.5) is 39.5 Å². The van der Waals surface area contributed by atoms with Crippen molar-refractivity contribution in [3.05, 3.63) is 36.7 Å². The number of sulfone groups is 1. The van der Waals surface area contributed by atoms with Crippen LogP contribution in [0.3, 0.4) is 0 Å². The molecule has 37 heavy (non-hydrogen) atoms. The van der Waals surface area contributed by atoms with Crippen LogP contribution < -0.4 is 0 Å². The van der Waals surface area contributed by atoms with E-state index in [1.807, 2.05) is 0 Å². The fourth-order valence-electron chi connectivity index (χ4n) is 3.07. The fraction of sp³-hybridized carbons (Fsp3) is 0.444. The summed E-state index contributed by atoms with van der Waals surface area (Å²) < 4.78 is 148. The van der Waals surface area contributed by atoms with Gasteiger partial charge in [-0.2, -0.15) is 44.6 Å². The van der Waals surface area contributed by atoms with Crippen molar-refractivity contribution < 1.29 is 47.9 Å². The first-order valence-electron chi connectivity index (χ1n) is 9.76. The first-order valence-corrected chi connectivity index (χ1v) is 11.8. The highest BCUT2D eigenvalue weighted by Gasteiger charge is 2.83. The lowest BCUT2D eigenvalue weighted by Gasteiger charge is -2.35. The summed E-state index contributed by atoms with van der Waals surface area (Å²) in [5, 5.41) is 0.325. The number of hydrogen-bond donors (Lipinski definition) is 0. The molecular weight excluding hydrogens is 571 g/mol.